The zero-order valence-electron chi connectivity index (χ0n) is 13.0. The van der Waals surface area contributed by atoms with Crippen molar-refractivity contribution >= 4 is 11.8 Å². The Hall–Kier alpha value is -1.10. The van der Waals surface area contributed by atoms with Crippen molar-refractivity contribution in [2.75, 3.05) is 13.1 Å². The summed E-state index contributed by atoms with van der Waals surface area (Å²) >= 11 is 0. The van der Waals surface area contributed by atoms with Crippen LogP contribution >= 0.6 is 0 Å². The number of nitrogens with one attached hydrogen (secondary N) is 1. The van der Waals surface area contributed by atoms with E-state index in [1.807, 2.05) is 11.8 Å². The molecule has 1 saturated carbocycles. The SMILES string of the molecule is CCCC(=O)N1CCC(C(=O)NC2CCCCC2O)CC1. The summed E-state index contributed by atoms with van der Waals surface area (Å²) in [6, 6.07) is -0.0778. The van der Waals surface area contributed by atoms with E-state index in [0.29, 0.717) is 19.5 Å². The standard InChI is InChI=1S/C16H28N2O3/c1-2-5-15(20)18-10-8-12(9-11-18)16(21)17-13-6-3-4-7-14(13)19/h12-14,19H,2-11H2,1H3,(H,17,21). The van der Waals surface area contributed by atoms with E-state index in [9.17, 15) is 14.7 Å². The first-order chi connectivity index (χ1) is 10.1. The van der Waals surface area contributed by atoms with Gasteiger partial charge < -0.3 is 15.3 Å². The Morgan fingerprint density at radius 3 is 2.43 bits per heavy atom. The van der Waals surface area contributed by atoms with E-state index >= 15 is 0 Å². The molecule has 0 radical (unpaired) electrons. The molecule has 0 bridgehead atoms. The maximum atomic E-state index is 12.3. The summed E-state index contributed by atoms with van der Waals surface area (Å²) in [7, 11) is 0. The number of likely N-dealkylation sites (tertiary alicyclic amines) is 1. The van der Waals surface area contributed by atoms with Crippen LogP contribution in [0.5, 0.6) is 0 Å². The minimum absolute atomic E-state index is 0.00944. The van der Waals surface area contributed by atoms with Crippen LogP contribution in [-0.4, -0.2) is 47.1 Å². The van der Waals surface area contributed by atoms with Crippen LogP contribution in [-0.2, 0) is 9.59 Å². The molecule has 2 amide bonds. The smallest absolute Gasteiger partial charge is 0.223 e. The molecule has 2 aliphatic rings. The first-order valence-electron chi connectivity index (χ1n) is 8.38. The summed E-state index contributed by atoms with van der Waals surface area (Å²) in [5.41, 5.74) is 0. The molecule has 120 valence electrons. The summed E-state index contributed by atoms with van der Waals surface area (Å²) in [5.74, 6) is 0.257. The molecule has 2 N–H and O–H groups in total. The van der Waals surface area contributed by atoms with Crippen molar-refractivity contribution in [2.24, 2.45) is 5.92 Å². The summed E-state index contributed by atoms with van der Waals surface area (Å²) < 4.78 is 0. The van der Waals surface area contributed by atoms with Crippen LogP contribution in [0.25, 0.3) is 0 Å². The number of nitrogens with zero attached hydrogens (tertiary/aromatic N) is 1. The number of hydrogen-bond acceptors (Lipinski definition) is 3. The molecule has 5 heteroatoms. The van der Waals surface area contributed by atoms with Crippen molar-refractivity contribution < 1.29 is 14.7 Å². The Bertz CT molecular complexity index is 365. The van der Waals surface area contributed by atoms with Crippen LogP contribution < -0.4 is 5.32 Å². The second kappa shape index (κ2) is 7.78. The van der Waals surface area contributed by atoms with Crippen molar-refractivity contribution in [3.8, 4) is 0 Å². The normalized spacial score (nSPS) is 27.4. The predicted octanol–water partition coefficient (Wildman–Crippen LogP) is 1.44. The summed E-state index contributed by atoms with van der Waals surface area (Å²) in [5, 5.41) is 12.9. The maximum absolute atomic E-state index is 12.3. The van der Waals surface area contributed by atoms with Gasteiger partial charge in [-0.1, -0.05) is 19.8 Å². The third-order valence-corrected chi connectivity index (χ3v) is 4.74. The molecule has 0 spiro atoms. The molecular weight excluding hydrogens is 268 g/mol. The van der Waals surface area contributed by atoms with E-state index in [1.165, 1.54) is 0 Å². The van der Waals surface area contributed by atoms with Crippen molar-refractivity contribution in [2.45, 2.75) is 70.4 Å². The van der Waals surface area contributed by atoms with Gasteiger partial charge in [-0.25, -0.2) is 0 Å². The van der Waals surface area contributed by atoms with Crippen molar-refractivity contribution in [3.05, 3.63) is 0 Å². The van der Waals surface area contributed by atoms with Gasteiger partial charge in [0.2, 0.25) is 11.8 Å². The molecule has 0 aromatic rings. The zero-order chi connectivity index (χ0) is 15.2. The second-order valence-corrected chi connectivity index (χ2v) is 6.37. The van der Waals surface area contributed by atoms with Gasteiger partial charge in [-0.3, -0.25) is 9.59 Å². The van der Waals surface area contributed by atoms with Gasteiger partial charge in [0, 0.05) is 25.4 Å². The minimum atomic E-state index is -0.395. The Morgan fingerprint density at radius 1 is 1.14 bits per heavy atom. The van der Waals surface area contributed by atoms with Crippen LogP contribution in [0.3, 0.4) is 0 Å². The number of rotatable bonds is 4. The van der Waals surface area contributed by atoms with E-state index in [1.54, 1.807) is 0 Å². The first kappa shape index (κ1) is 16.3. The molecular formula is C16H28N2O3. The topological polar surface area (TPSA) is 69.6 Å². The Balaban J connectivity index is 1.76. The van der Waals surface area contributed by atoms with Crippen LogP contribution in [0, 0.1) is 5.92 Å². The second-order valence-electron chi connectivity index (χ2n) is 6.37. The fraction of sp³-hybridized carbons (Fsp3) is 0.875. The largest absolute Gasteiger partial charge is 0.391 e. The van der Waals surface area contributed by atoms with Crippen LogP contribution in [0.2, 0.25) is 0 Å². The molecule has 1 saturated heterocycles. The Morgan fingerprint density at radius 2 is 1.81 bits per heavy atom. The molecule has 2 atom stereocenters. The minimum Gasteiger partial charge on any atom is -0.391 e. The average molecular weight is 296 g/mol. The molecule has 5 nitrogen and oxygen atoms in total. The summed E-state index contributed by atoms with van der Waals surface area (Å²) in [4.78, 5) is 26.0. The fourth-order valence-corrected chi connectivity index (χ4v) is 3.34. The first-order valence-corrected chi connectivity index (χ1v) is 8.38. The predicted molar refractivity (Wildman–Crippen MR) is 80.6 cm³/mol. The maximum Gasteiger partial charge on any atom is 0.223 e. The van der Waals surface area contributed by atoms with E-state index < -0.39 is 6.10 Å². The third-order valence-electron chi connectivity index (χ3n) is 4.74. The molecule has 0 aromatic heterocycles. The lowest BCUT2D eigenvalue weighted by Gasteiger charge is -2.34. The lowest BCUT2D eigenvalue weighted by atomic mass is 9.90. The highest BCUT2D eigenvalue weighted by molar-refractivity contribution is 5.80. The van der Waals surface area contributed by atoms with Crippen molar-refractivity contribution in [3.63, 3.8) is 0 Å². The van der Waals surface area contributed by atoms with Crippen LogP contribution in [0.1, 0.15) is 58.3 Å². The van der Waals surface area contributed by atoms with Gasteiger partial charge in [0.25, 0.3) is 0 Å². The quantitative estimate of drug-likeness (QED) is 0.825. The molecule has 1 aliphatic heterocycles. The number of amides is 2. The van der Waals surface area contributed by atoms with E-state index in [4.69, 9.17) is 0 Å². The Kier molecular flexibility index (Phi) is 6.03. The van der Waals surface area contributed by atoms with Gasteiger partial charge in [0.1, 0.15) is 0 Å². The highest BCUT2D eigenvalue weighted by Gasteiger charge is 2.30. The molecule has 1 heterocycles. The van der Waals surface area contributed by atoms with E-state index in [2.05, 4.69) is 5.32 Å². The highest BCUT2D eigenvalue weighted by Crippen LogP contribution is 2.22. The molecule has 1 aliphatic carbocycles. The summed E-state index contributed by atoms with van der Waals surface area (Å²) in [6.45, 7) is 3.38. The van der Waals surface area contributed by atoms with Gasteiger partial charge in [0.15, 0.2) is 0 Å². The lowest BCUT2D eigenvalue weighted by Crippen LogP contribution is -2.49. The molecule has 2 unspecified atom stereocenters. The lowest BCUT2D eigenvalue weighted by molar-refractivity contribution is -0.136. The summed E-state index contributed by atoms with van der Waals surface area (Å²) in [6.07, 6.45) is 6.35. The molecule has 2 fully saturated rings. The van der Waals surface area contributed by atoms with Crippen LogP contribution in [0.15, 0.2) is 0 Å². The van der Waals surface area contributed by atoms with Gasteiger partial charge in [-0.2, -0.15) is 0 Å². The van der Waals surface area contributed by atoms with Gasteiger partial charge in [-0.15, -0.1) is 0 Å². The molecule has 0 aromatic carbocycles. The van der Waals surface area contributed by atoms with Gasteiger partial charge in [0.05, 0.1) is 12.1 Å². The number of piperidine rings is 1. The van der Waals surface area contributed by atoms with Crippen molar-refractivity contribution in [1.29, 1.82) is 0 Å². The average Bonchev–Trinajstić information content (AvgIpc) is 2.50. The number of aliphatic hydroxyl groups excluding tert-OH is 1. The molecule has 2 rings (SSSR count). The van der Waals surface area contributed by atoms with Crippen molar-refractivity contribution in [1.82, 2.24) is 10.2 Å². The van der Waals surface area contributed by atoms with E-state index in [-0.39, 0.29) is 23.8 Å². The number of carbonyl (C=O) groups excluding carboxylic acids is 2. The van der Waals surface area contributed by atoms with Crippen LogP contribution in [0.4, 0.5) is 0 Å². The monoisotopic (exact) mass is 296 g/mol. The number of carbonyl (C=O) groups is 2. The fourth-order valence-electron chi connectivity index (χ4n) is 3.34. The highest BCUT2D eigenvalue weighted by atomic mass is 16.3. The van der Waals surface area contributed by atoms with Gasteiger partial charge in [-0.05, 0) is 32.1 Å². The molecule has 21 heavy (non-hydrogen) atoms. The zero-order valence-corrected chi connectivity index (χ0v) is 13.0. The number of aliphatic hydroxyl groups is 1. The van der Waals surface area contributed by atoms with Gasteiger partial charge >= 0.3 is 0 Å². The van der Waals surface area contributed by atoms with E-state index in [0.717, 1.165) is 44.9 Å². The number of hydrogen-bond donors (Lipinski definition) is 2. The third kappa shape index (κ3) is 4.43. The Labute approximate surface area is 127 Å².